The van der Waals surface area contributed by atoms with Gasteiger partial charge in [-0.2, -0.15) is 0 Å². The van der Waals surface area contributed by atoms with Gasteiger partial charge in [0.1, 0.15) is 0 Å². The minimum absolute atomic E-state index is 0. The SMILES string of the molecule is CC(C)(C)OOC(C)(C)C.Cl. The summed E-state index contributed by atoms with van der Waals surface area (Å²) in [4.78, 5) is 10.2. The maximum Gasteiger partial charge on any atom is 0.0952 e. The quantitative estimate of drug-likeness (QED) is 0.459. The van der Waals surface area contributed by atoms with Crippen molar-refractivity contribution in [2.75, 3.05) is 0 Å². The minimum atomic E-state index is -0.215. The molecule has 2 nitrogen and oxygen atoms in total. The van der Waals surface area contributed by atoms with Crippen molar-refractivity contribution in [1.82, 2.24) is 0 Å². The second-order valence-corrected chi connectivity index (χ2v) is 4.39. The standard InChI is InChI=1S/C8H18O2.ClH/c1-7(2,3)9-10-8(4,5)6;/h1-6H3;1H. The van der Waals surface area contributed by atoms with E-state index in [9.17, 15) is 0 Å². The largest absolute Gasteiger partial charge is 0.230 e. The number of halogens is 1. The van der Waals surface area contributed by atoms with Crippen LogP contribution in [0.15, 0.2) is 0 Å². The Morgan fingerprint density at radius 2 is 0.818 bits per heavy atom. The molecule has 0 heterocycles. The summed E-state index contributed by atoms with van der Waals surface area (Å²) in [6, 6.07) is 0. The summed E-state index contributed by atoms with van der Waals surface area (Å²) in [5.74, 6) is 0. The molecule has 0 unspecified atom stereocenters. The third-order valence-electron chi connectivity index (χ3n) is 0.542. The lowest BCUT2D eigenvalue weighted by molar-refractivity contribution is -0.393. The number of rotatable bonds is 1. The van der Waals surface area contributed by atoms with Gasteiger partial charge < -0.3 is 0 Å². The fourth-order valence-corrected chi connectivity index (χ4v) is 0.250. The van der Waals surface area contributed by atoms with Crippen molar-refractivity contribution in [3.05, 3.63) is 0 Å². The van der Waals surface area contributed by atoms with Crippen LogP contribution in [-0.4, -0.2) is 11.2 Å². The molecule has 0 fully saturated rings. The van der Waals surface area contributed by atoms with Crippen molar-refractivity contribution >= 4 is 12.4 Å². The Labute approximate surface area is 75.6 Å². The Kier molecular flexibility index (Phi) is 5.37. The molecular weight excluding hydrogens is 164 g/mol. The molecule has 0 rings (SSSR count). The van der Waals surface area contributed by atoms with Gasteiger partial charge in [-0.1, -0.05) is 0 Å². The second kappa shape index (κ2) is 4.29. The highest BCUT2D eigenvalue weighted by Gasteiger charge is 2.18. The molecular formula is C8H19ClO2. The molecule has 0 aliphatic carbocycles. The molecule has 0 aromatic rings. The van der Waals surface area contributed by atoms with Gasteiger partial charge in [0.15, 0.2) is 0 Å². The first-order valence-corrected chi connectivity index (χ1v) is 3.57. The van der Waals surface area contributed by atoms with Crippen molar-refractivity contribution in [3.8, 4) is 0 Å². The van der Waals surface area contributed by atoms with Crippen LogP contribution in [0.2, 0.25) is 0 Å². The van der Waals surface area contributed by atoms with Gasteiger partial charge in [0.05, 0.1) is 11.2 Å². The highest BCUT2D eigenvalue weighted by molar-refractivity contribution is 5.85. The fraction of sp³-hybridized carbons (Fsp3) is 1.00. The van der Waals surface area contributed by atoms with Crippen LogP contribution >= 0.6 is 12.4 Å². The normalized spacial score (nSPS) is 12.5. The molecule has 70 valence electrons. The van der Waals surface area contributed by atoms with Crippen LogP contribution in [0.1, 0.15) is 41.5 Å². The first kappa shape index (κ1) is 13.8. The van der Waals surface area contributed by atoms with Crippen LogP contribution in [0.3, 0.4) is 0 Å². The molecule has 0 radical (unpaired) electrons. The van der Waals surface area contributed by atoms with Crippen LogP contribution < -0.4 is 0 Å². The van der Waals surface area contributed by atoms with E-state index in [-0.39, 0.29) is 23.6 Å². The molecule has 11 heavy (non-hydrogen) atoms. The van der Waals surface area contributed by atoms with E-state index in [2.05, 4.69) is 0 Å². The average Bonchev–Trinajstić information content (AvgIpc) is 1.57. The summed E-state index contributed by atoms with van der Waals surface area (Å²) in [6.45, 7) is 11.7. The smallest absolute Gasteiger partial charge is 0.0952 e. The van der Waals surface area contributed by atoms with Gasteiger partial charge in [0, 0.05) is 0 Å². The molecule has 0 aliphatic rings. The molecule has 0 amide bonds. The van der Waals surface area contributed by atoms with E-state index in [1.165, 1.54) is 0 Å². The maximum atomic E-state index is 5.09. The third-order valence-corrected chi connectivity index (χ3v) is 0.542. The average molecular weight is 183 g/mol. The summed E-state index contributed by atoms with van der Waals surface area (Å²) < 4.78 is 0. The Hall–Kier alpha value is 0.210. The summed E-state index contributed by atoms with van der Waals surface area (Å²) in [7, 11) is 0. The first-order chi connectivity index (χ1) is 4.21. The summed E-state index contributed by atoms with van der Waals surface area (Å²) in [5, 5.41) is 0. The molecule has 0 aliphatic heterocycles. The van der Waals surface area contributed by atoms with E-state index >= 15 is 0 Å². The Morgan fingerprint density at radius 1 is 0.636 bits per heavy atom. The lowest BCUT2D eigenvalue weighted by Gasteiger charge is -2.24. The molecule has 0 N–H and O–H groups in total. The van der Waals surface area contributed by atoms with Crippen LogP contribution in [0.4, 0.5) is 0 Å². The molecule has 0 bridgehead atoms. The predicted molar refractivity (Wildman–Crippen MR) is 48.9 cm³/mol. The zero-order valence-corrected chi connectivity index (χ0v) is 9.04. The van der Waals surface area contributed by atoms with E-state index in [4.69, 9.17) is 9.78 Å². The Balaban J connectivity index is 0. The topological polar surface area (TPSA) is 18.5 Å². The van der Waals surface area contributed by atoms with Crippen LogP contribution in [0.5, 0.6) is 0 Å². The van der Waals surface area contributed by atoms with Crippen LogP contribution in [0.25, 0.3) is 0 Å². The molecule has 0 aromatic carbocycles. The van der Waals surface area contributed by atoms with Gasteiger partial charge in [0.2, 0.25) is 0 Å². The van der Waals surface area contributed by atoms with E-state index in [0.29, 0.717) is 0 Å². The fourth-order valence-electron chi connectivity index (χ4n) is 0.250. The van der Waals surface area contributed by atoms with Crippen molar-refractivity contribution < 1.29 is 9.78 Å². The molecule has 0 saturated carbocycles. The Morgan fingerprint density at radius 3 is 0.909 bits per heavy atom. The van der Waals surface area contributed by atoms with Crippen LogP contribution in [-0.2, 0) is 9.78 Å². The van der Waals surface area contributed by atoms with Gasteiger partial charge in [-0.25, -0.2) is 9.78 Å². The highest BCUT2D eigenvalue weighted by Crippen LogP contribution is 2.14. The van der Waals surface area contributed by atoms with E-state index < -0.39 is 0 Å². The maximum absolute atomic E-state index is 5.09. The monoisotopic (exact) mass is 182 g/mol. The second-order valence-electron chi connectivity index (χ2n) is 4.39. The van der Waals surface area contributed by atoms with Gasteiger partial charge in [-0.05, 0) is 41.5 Å². The molecule has 0 aromatic heterocycles. The molecule has 0 saturated heterocycles. The van der Waals surface area contributed by atoms with E-state index in [1.807, 2.05) is 41.5 Å². The lowest BCUT2D eigenvalue weighted by Crippen LogP contribution is -2.27. The van der Waals surface area contributed by atoms with Gasteiger partial charge in [0.25, 0.3) is 0 Å². The van der Waals surface area contributed by atoms with E-state index in [0.717, 1.165) is 0 Å². The summed E-state index contributed by atoms with van der Waals surface area (Å²) in [5.41, 5.74) is -0.430. The highest BCUT2D eigenvalue weighted by atomic mass is 35.5. The summed E-state index contributed by atoms with van der Waals surface area (Å²) in [6.07, 6.45) is 0. The molecule has 0 atom stereocenters. The minimum Gasteiger partial charge on any atom is -0.230 e. The molecule has 3 heteroatoms. The van der Waals surface area contributed by atoms with Gasteiger partial charge in [-0.3, -0.25) is 0 Å². The van der Waals surface area contributed by atoms with Crippen molar-refractivity contribution in [2.24, 2.45) is 0 Å². The lowest BCUT2D eigenvalue weighted by atomic mass is 10.2. The van der Waals surface area contributed by atoms with Crippen molar-refractivity contribution in [2.45, 2.75) is 52.7 Å². The summed E-state index contributed by atoms with van der Waals surface area (Å²) >= 11 is 0. The number of hydrogen-bond donors (Lipinski definition) is 0. The van der Waals surface area contributed by atoms with E-state index in [1.54, 1.807) is 0 Å². The van der Waals surface area contributed by atoms with Gasteiger partial charge >= 0.3 is 0 Å². The van der Waals surface area contributed by atoms with Crippen molar-refractivity contribution in [1.29, 1.82) is 0 Å². The van der Waals surface area contributed by atoms with Crippen molar-refractivity contribution in [3.63, 3.8) is 0 Å². The first-order valence-electron chi connectivity index (χ1n) is 3.57. The number of hydrogen-bond acceptors (Lipinski definition) is 2. The zero-order chi connectivity index (χ0) is 8.41. The predicted octanol–water partition coefficient (Wildman–Crippen LogP) is 2.95. The third kappa shape index (κ3) is 13.2. The van der Waals surface area contributed by atoms with Crippen LogP contribution in [0, 0.1) is 0 Å². The van der Waals surface area contributed by atoms with Gasteiger partial charge in [-0.15, -0.1) is 12.4 Å². The molecule has 0 spiro atoms. The zero-order valence-electron chi connectivity index (χ0n) is 8.22. The Bertz CT molecular complexity index is 85.6.